The van der Waals surface area contributed by atoms with Crippen LogP contribution in [0, 0.1) is 0 Å². The summed E-state index contributed by atoms with van der Waals surface area (Å²) >= 11 is 0. The first kappa shape index (κ1) is 14.1. The molecule has 2 aliphatic rings. The molecule has 2 rings (SSSR count). The van der Waals surface area contributed by atoms with E-state index in [9.17, 15) is 14.7 Å². The van der Waals surface area contributed by atoms with Crippen molar-refractivity contribution in [1.82, 2.24) is 15.3 Å². The van der Waals surface area contributed by atoms with E-state index in [0.717, 1.165) is 32.4 Å². The number of aliphatic carboxylic acids is 1. The Labute approximate surface area is 113 Å². The Morgan fingerprint density at radius 3 is 2.42 bits per heavy atom. The third-order valence-electron chi connectivity index (χ3n) is 4.33. The van der Waals surface area contributed by atoms with Gasteiger partial charge in [-0.05, 0) is 32.1 Å². The van der Waals surface area contributed by atoms with Crippen LogP contribution in [0.1, 0.15) is 45.4 Å². The van der Waals surface area contributed by atoms with E-state index in [-0.39, 0.29) is 6.03 Å². The van der Waals surface area contributed by atoms with Crippen molar-refractivity contribution in [1.29, 1.82) is 0 Å². The number of piperidine rings is 1. The molecule has 1 atom stereocenters. The van der Waals surface area contributed by atoms with Crippen molar-refractivity contribution in [3.05, 3.63) is 0 Å². The minimum Gasteiger partial charge on any atom is -0.479 e. The highest BCUT2D eigenvalue weighted by Crippen LogP contribution is 2.32. The third kappa shape index (κ3) is 2.68. The van der Waals surface area contributed by atoms with Crippen LogP contribution in [0.25, 0.3) is 0 Å². The normalized spacial score (nSPS) is 28.4. The Kier molecular flexibility index (Phi) is 4.29. The lowest BCUT2D eigenvalue weighted by Gasteiger charge is -2.36. The second kappa shape index (κ2) is 5.77. The summed E-state index contributed by atoms with van der Waals surface area (Å²) in [7, 11) is 0. The molecule has 0 aromatic heterocycles. The number of hydrazine groups is 1. The molecule has 0 radical (unpaired) electrons. The average Bonchev–Trinajstić information content (AvgIpc) is 2.85. The Bertz CT molecular complexity index is 355. The fourth-order valence-electron chi connectivity index (χ4n) is 3.12. The highest BCUT2D eigenvalue weighted by molar-refractivity contribution is 5.86. The largest absolute Gasteiger partial charge is 0.479 e. The first-order valence-corrected chi connectivity index (χ1v) is 7.17. The van der Waals surface area contributed by atoms with Crippen LogP contribution in [0.5, 0.6) is 0 Å². The molecular weight excluding hydrogens is 246 g/mol. The van der Waals surface area contributed by atoms with Gasteiger partial charge in [-0.2, -0.15) is 0 Å². The Hall–Kier alpha value is -1.30. The molecule has 0 aliphatic carbocycles. The number of carbonyl (C=O) groups is 2. The summed E-state index contributed by atoms with van der Waals surface area (Å²) < 4.78 is 0. The van der Waals surface area contributed by atoms with Crippen LogP contribution in [0.3, 0.4) is 0 Å². The molecule has 0 aromatic carbocycles. The number of hydrogen-bond donors (Lipinski definition) is 2. The van der Waals surface area contributed by atoms with Gasteiger partial charge in [0.05, 0.1) is 0 Å². The molecule has 2 fully saturated rings. The summed E-state index contributed by atoms with van der Waals surface area (Å²) in [5.74, 6) is -0.888. The van der Waals surface area contributed by atoms with Gasteiger partial charge in [0.1, 0.15) is 5.54 Å². The van der Waals surface area contributed by atoms with E-state index in [1.54, 1.807) is 0 Å². The van der Waals surface area contributed by atoms with E-state index >= 15 is 0 Å². The zero-order valence-electron chi connectivity index (χ0n) is 11.5. The maximum Gasteiger partial charge on any atom is 0.332 e. The summed E-state index contributed by atoms with van der Waals surface area (Å²) in [6, 6.07) is -0.261. The van der Waals surface area contributed by atoms with Crippen LogP contribution < -0.4 is 5.43 Å². The molecule has 0 bridgehead atoms. The molecule has 2 amide bonds. The second-order valence-corrected chi connectivity index (χ2v) is 5.41. The number of amides is 2. The number of likely N-dealkylation sites (tertiary alicyclic amines) is 1. The number of carboxylic acid groups (broad SMARTS) is 1. The SMILES string of the molecule is CCC1(C(=O)O)CCCN1C(=O)NN1CCCCC1. The van der Waals surface area contributed by atoms with Gasteiger partial charge in [-0.1, -0.05) is 13.3 Å². The molecule has 108 valence electrons. The topological polar surface area (TPSA) is 72.9 Å². The van der Waals surface area contributed by atoms with Gasteiger partial charge in [-0.25, -0.2) is 14.6 Å². The number of hydrogen-bond acceptors (Lipinski definition) is 3. The van der Waals surface area contributed by atoms with Crippen LogP contribution in [0.15, 0.2) is 0 Å². The summed E-state index contributed by atoms with van der Waals surface area (Å²) in [6.45, 7) is 4.07. The van der Waals surface area contributed by atoms with Crippen LogP contribution in [-0.2, 0) is 4.79 Å². The Balaban J connectivity index is 2.02. The molecule has 2 N–H and O–H groups in total. The van der Waals surface area contributed by atoms with Crippen molar-refractivity contribution in [2.24, 2.45) is 0 Å². The van der Waals surface area contributed by atoms with Gasteiger partial charge in [-0.15, -0.1) is 0 Å². The Morgan fingerprint density at radius 1 is 1.16 bits per heavy atom. The number of carboxylic acids is 1. The van der Waals surface area contributed by atoms with Crippen LogP contribution in [-0.4, -0.2) is 52.2 Å². The zero-order chi connectivity index (χ0) is 13.9. The number of rotatable bonds is 3. The first-order chi connectivity index (χ1) is 9.10. The minimum absolute atomic E-state index is 0.261. The van der Waals surface area contributed by atoms with Gasteiger partial charge < -0.3 is 10.0 Å². The predicted octanol–water partition coefficient (Wildman–Crippen LogP) is 1.43. The number of nitrogens with zero attached hydrogens (tertiary/aromatic N) is 2. The lowest BCUT2D eigenvalue weighted by molar-refractivity contribution is -0.148. The standard InChI is InChI=1S/C13H23N3O3/c1-2-13(11(17)18)7-6-10-16(13)12(19)14-15-8-4-3-5-9-15/h2-10H2,1H3,(H,14,19)(H,17,18). The van der Waals surface area contributed by atoms with Crippen molar-refractivity contribution in [3.63, 3.8) is 0 Å². The number of urea groups is 1. The van der Waals surface area contributed by atoms with Gasteiger partial charge in [0.15, 0.2) is 0 Å². The summed E-state index contributed by atoms with van der Waals surface area (Å²) in [6.07, 6.45) is 5.12. The van der Waals surface area contributed by atoms with E-state index < -0.39 is 11.5 Å². The summed E-state index contributed by atoms with van der Waals surface area (Å²) in [5.41, 5.74) is 1.85. The fraction of sp³-hybridized carbons (Fsp3) is 0.846. The molecule has 2 saturated heterocycles. The maximum atomic E-state index is 12.3. The molecule has 0 spiro atoms. The monoisotopic (exact) mass is 269 g/mol. The molecular formula is C13H23N3O3. The molecule has 6 nitrogen and oxygen atoms in total. The minimum atomic E-state index is -1.01. The van der Waals surface area contributed by atoms with Gasteiger partial charge in [0.2, 0.25) is 0 Å². The summed E-state index contributed by atoms with van der Waals surface area (Å²) in [5, 5.41) is 11.4. The van der Waals surface area contributed by atoms with Crippen molar-refractivity contribution in [3.8, 4) is 0 Å². The van der Waals surface area contributed by atoms with Gasteiger partial charge in [-0.3, -0.25) is 5.43 Å². The molecule has 1 unspecified atom stereocenters. The predicted molar refractivity (Wildman–Crippen MR) is 70.6 cm³/mol. The van der Waals surface area contributed by atoms with Crippen LogP contribution in [0.4, 0.5) is 4.79 Å². The average molecular weight is 269 g/mol. The molecule has 0 saturated carbocycles. The smallest absolute Gasteiger partial charge is 0.332 e. The lowest BCUT2D eigenvalue weighted by Crippen LogP contribution is -2.59. The fourth-order valence-corrected chi connectivity index (χ4v) is 3.12. The first-order valence-electron chi connectivity index (χ1n) is 7.17. The van der Waals surface area contributed by atoms with Crippen molar-refractivity contribution >= 4 is 12.0 Å². The molecule has 2 aliphatic heterocycles. The molecule has 0 aromatic rings. The van der Waals surface area contributed by atoms with Gasteiger partial charge >= 0.3 is 12.0 Å². The molecule has 19 heavy (non-hydrogen) atoms. The highest BCUT2D eigenvalue weighted by atomic mass is 16.4. The quantitative estimate of drug-likeness (QED) is 0.813. The van der Waals surface area contributed by atoms with Gasteiger partial charge in [0.25, 0.3) is 0 Å². The van der Waals surface area contributed by atoms with Crippen molar-refractivity contribution < 1.29 is 14.7 Å². The van der Waals surface area contributed by atoms with Crippen LogP contribution >= 0.6 is 0 Å². The van der Waals surface area contributed by atoms with Gasteiger partial charge in [0, 0.05) is 19.6 Å². The Morgan fingerprint density at radius 2 is 1.84 bits per heavy atom. The molecule has 6 heteroatoms. The highest BCUT2D eigenvalue weighted by Gasteiger charge is 2.48. The second-order valence-electron chi connectivity index (χ2n) is 5.41. The maximum absolute atomic E-state index is 12.3. The number of carbonyl (C=O) groups excluding carboxylic acids is 1. The van der Waals surface area contributed by atoms with E-state index in [4.69, 9.17) is 0 Å². The number of nitrogens with one attached hydrogen (secondary N) is 1. The van der Waals surface area contributed by atoms with E-state index in [1.165, 1.54) is 11.3 Å². The zero-order valence-corrected chi connectivity index (χ0v) is 11.5. The van der Waals surface area contributed by atoms with E-state index in [1.807, 2.05) is 11.9 Å². The summed E-state index contributed by atoms with van der Waals surface area (Å²) in [4.78, 5) is 25.3. The van der Waals surface area contributed by atoms with Crippen molar-refractivity contribution in [2.75, 3.05) is 19.6 Å². The molecule has 2 heterocycles. The van der Waals surface area contributed by atoms with E-state index in [0.29, 0.717) is 19.4 Å². The lowest BCUT2D eigenvalue weighted by atomic mass is 9.93. The van der Waals surface area contributed by atoms with Crippen LogP contribution in [0.2, 0.25) is 0 Å². The van der Waals surface area contributed by atoms with Crippen molar-refractivity contribution in [2.45, 2.75) is 51.0 Å². The van der Waals surface area contributed by atoms with E-state index in [2.05, 4.69) is 5.43 Å². The third-order valence-corrected chi connectivity index (χ3v) is 4.33.